The molecule has 0 saturated carbocycles. The highest BCUT2D eigenvalue weighted by atomic mass is 16.5. The molecule has 1 saturated heterocycles. The third-order valence-corrected chi connectivity index (χ3v) is 2.70. The molecule has 1 aromatic rings. The predicted octanol–water partition coefficient (Wildman–Crippen LogP) is 0.279. The fourth-order valence-electron chi connectivity index (χ4n) is 1.87. The molecule has 1 N–H and O–H groups in total. The molecular weight excluding hydrogens is 194 g/mol. The minimum Gasteiger partial charge on any atom is -0.464 e. The second kappa shape index (κ2) is 4.44. The van der Waals surface area contributed by atoms with Gasteiger partial charge >= 0.3 is 5.97 Å². The van der Waals surface area contributed by atoms with Crippen LogP contribution in [0, 0.1) is 5.92 Å². The summed E-state index contributed by atoms with van der Waals surface area (Å²) in [6.07, 6.45) is 2.77. The van der Waals surface area contributed by atoms with Crippen molar-refractivity contribution in [1.82, 2.24) is 15.1 Å². The highest BCUT2D eigenvalue weighted by molar-refractivity contribution is 5.87. The van der Waals surface area contributed by atoms with Crippen molar-refractivity contribution in [1.29, 1.82) is 0 Å². The molecule has 0 aromatic carbocycles. The lowest BCUT2D eigenvalue weighted by atomic mass is 10.1. The molecular formula is C10H15N3O2. The number of hydrogen-bond acceptors (Lipinski definition) is 4. The number of hydrogen-bond donors (Lipinski definition) is 1. The van der Waals surface area contributed by atoms with Gasteiger partial charge in [0, 0.05) is 12.7 Å². The normalized spacial score (nSPS) is 20.5. The van der Waals surface area contributed by atoms with Crippen molar-refractivity contribution in [3.8, 4) is 0 Å². The summed E-state index contributed by atoms with van der Waals surface area (Å²) < 4.78 is 6.41. The monoisotopic (exact) mass is 209 g/mol. The summed E-state index contributed by atoms with van der Waals surface area (Å²) in [5, 5.41) is 7.43. The number of aromatic nitrogens is 2. The molecule has 1 fully saturated rings. The third kappa shape index (κ3) is 2.18. The number of rotatable bonds is 3. The molecule has 0 radical (unpaired) electrons. The number of esters is 1. The van der Waals surface area contributed by atoms with E-state index in [1.54, 1.807) is 16.9 Å². The topological polar surface area (TPSA) is 56.1 Å². The lowest BCUT2D eigenvalue weighted by Gasteiger charge is -2.10. The average Bonchev–Trinajstić information content (AvgIpc) is 2.88. The summed E-state index contributed by atoms with van der Waals surface area (Å²) in [6, 6.07) is 1.69. The number of methoxy groups -OCH3 is 1. The van der Waals surface area contributed by atoms with Gasteiger partial charge in [-0.15, -0.1) is 0 Å². The van der Waals surface area contributed by atoms with Gasteiger partial charge in [-0.1, -0.05) is 0 Å². The number of carbonyl (C=O) groups is 1. The predicted molar refractivity (Wildman–Crippen MR) is 54.5 cm³/mol. The van der Waals surface area contributed by atoms with Gasteiger partial charge in [0.25, 0.3) is 0 Å². The molecule has 0 bridgehead atoms. The van der Waals surface area contributed by atoms with E-state index < -0.39 is 0 Å². The van der Waals surface area contributed by atoms with Crippen molar-refractivity contribution in [3.63, 3.8) is 0 Å². The molecule has 2 rings (SSSR count). The quantitative estimate of drug-likeness (QED) is 0.726. The van der Waals surface area contributed by atoms with Crippen LogP contribution >= 0.6 is 0 Å². The van der Waals surface area contributed by atoms with Gasteiger partial charge in [-0.2, -0.15) is 5.10 Å². The van der Waals surface area contributed by atoms with Crippen LogP contribution < -0.4 is 5.32 Å². The van der Waals surface area contributed by atoms with Crippen LogP contribution in [0.15, 0.2) is 12.3 Å². The SMILES string of the molecule is COC(=O)c1ccnn1CC1CCNC1. The summed E-state index contributed by atoms with van der Waals surface area (Å²) in [4.78, 5) is 11.4. The minimum atomic E-state index is -0.321. The Balaban J connectivity index is 2.07. The summed E-state index contributed by atoms with van der Waals surface area (Å²) >= 11 is 0. The third-order valence-electron chi connectivity index (χ3n) is 2.70. The summed E-state index contributed by atoms with van der Waals surface area (Å²) in [7, 11) is 1.39. The van der Waals surface area contributed by atoms with Crippen molar-refractivity contribution in [2.75, 3.05) is 20.2 Å². The van der Waals surface area contributed by atoms with E-state index in [1.807, 2.05) is 0 Å². The first-order valence-electron chi connectivity index (χ1n) is 5.12. The van der Waals surface area contributed by atoms with E-state index in [0.717, 1.165) is 26.1 Å². The Labute approximate surface area is 88.4 Å². The zero-order valence-electron chi connectivity index (χ0n) is 8.77. The summed E-state index contributed by atoms with van der Waals surface area (Å²) in [5.74, 6) is 0.242. The number of carbonyl (C=O) groups excluding carboxylic acids is 1. The van der Waals surface area contributed by atoms with Crippen LogP contribution in [-0.4, -0.2) is 35.9 Å². The molecule has 0 aliphatic carbocycles. The largest absolute Gasteiger partial charge is 0.464 e. The fourth-order valence-corrected chi connectivity index (χ4v) is 1.87. The molecule has 1 unspecified atom stereocenters. The van der Waals surface area contributed by atoms with E-state index in [4.69, 9.17) is 0 Å². The Morgan fingerprint density at radius 2 is 2.67 bits per heavy atom. The maximum Gasteiger partial charge on any atom is 0.356 e. The Morgan fingerprint density at radius 3 is 3.33 bits per heavy atom. The van der Waals surface area contributed by atoms with Crippen LogP contribution in [0.25, 0.3) is 0 Å². The molecule has 2 heterocycles. The van der Waals surface area contributed by atoms with Gasteiger partial charge in [-0.25, -0.2) is 4.79 Å². The van der Waals surface area contributed by atoms with Gasteiger partial charge in [0.15, 0.2) is 0 Å². The van der Waals surface area contributed by atoms with E-state index >= 15 is 0 Å². The van der Waals surface area contributed by atoms with Crippen molar-refractivity contribution >= 4 is 5.97 Å². The van der Waals surface area contributed by atoms with Gasteiger partial charge in [-0.05, 0) is 31.5 Å². The Bertz CT molecular complexity index is 342. The lowest BCUT2D eigenvalue weighted by Crippen LogP contribution is -2.19. The van der Waals surface area contributed by atoms with Gasteiger partial charge < -0.3 is 10.1 Å². The number of nitrogens with zero attached hydrogens (tertiary/aromatic N) is 2. The highest BCUT2D eigenvalue weighted by Crippen LogP contribution is 2.12. The fraction of sp³-hybridized carbons (Fsp3) is 0.600. The molecule has 1 aromatic heterocycles. The van der Waals surface area contributed by atoms with Crippen molar-refractivity contribution in [2.45, 2.75) is 13.0 Å². The second-order valence-corrected chi connectivity index (χ2v) is 3.75. The average molecular weight is 209 g/mol. The van der Waals surface area contributed by atoms with Crippen LogP contribution in [0.4, 0.5) is 0 Å². The summed E-state index contributed by atoms with van der Waals surface area (Å²) in [5.41, 5.74) is 0.532. The van der Waals surface area contributed by atoms with E-state index in [0.29, 0.717) is 11.6 Å². The smallest absolute Gasteiger partial charge is 0.356 e. The zero-order valence-corrected chi connectivity index (χ0v) is 8.77. The van der Waals surface area contributed by atoms with Gasteiger partial charge in [0.1, 0.15) is 5.69 Å². The molecule has 1 aliphatic rings. The van der Waals surface area contributed by atoms with E-state index in [2.05, 4.69) is 15.2 Å². The molecule has 1 aliphatic heterocycles. The Kier molecular flexibility index (Phi) is 3.01. The minimum absolute atomic E-state index is 0.321. The van der Waals surface area contributed by atoms with Gasteiger partial charge in [0.2, 0.25) is 0 Å². The Hall–Kier alpha value is -1.36. The Morgan fingerprint density at radius 1 is 1.80 bits per heavy atom. The van der Waals surface area contributed by atoms with E-state index in [9.17, 15) is 4.79 Å². The maximum absolute atomic E-state index is 11.4. The molecule has 0 amide bonds. The first kappa shape index (κ1) is 10.2. The zero-order chi connectivity index (χ0) is 10.7. The maximum atomic E-state index is 11.4. The molecule has 5 heteroatoms. The molecule has 5 nitrogen and oxygen atoms in total. The summed E-state index contributed by atoms with van der Waals surface area (Å²) in [6.45, 7) is 2.84. The van der Waals surface area contributed by atoms with E-state index in [-0.39, 0.29) is 5.97 Å². The van der Waals surface area contributed by atoms with Crippen molar-refractivity contribution in [2.24, 2.45) is 5.92 Å². The van der Waals surface area contributed by atoms with Crippen LogP contribution in [0.5, 0.6) is 0 Å². The molecule has 0 spiro atoms. The number of ether oxygens (including phenoxy) is 1. The highest BCUT2D eigenvalue weighted by Gasteiger charge is 2.19. The van der Waals surface area contributed by atoms with Crippen molar-refractivity contribution in [3.05, 3.63) is 18.0 Å². The standard InChI is InChI=1S/C10H15N3O2/c1-15-10(14)9-3-5-12-13(9)7-8-2-4-11-6-8/h3,5,8,11H,2,4,6-7H2,1H3. The first-order valence-corrected chi connectivity index (χ1v) is 5.12. The lowest BCUT2D eigenvalue weighted by molar-refractivity contribution is 0.0585. The molecule has 15 heavy (non-hydrogen) atoms. The second-order valence-electron chi connectivity index (χ2n) is 3.75. The van der Waals surface area contributed by atoms with Crippen LogP contribution in [0.2, 0.25) is 0 Å². The van der Waals surface area contributed by atoms with Gasteiger partial charge in [-0.3, -0.25) is 4.68 Å². The molecule has 82 valence electrons. The van der Waals surface area contributed by atoms with Crippen molar-refractivity contribution < 1.29 is 9.53 Å². The van der Waals surface area contributed by atoms with E-state index in [1.165, 1.54) is 7.11 Å². The molecule has 1 atom stereocenters. The van der Waals surface area contributed by atoms with Crippen LogP contribution in [0.1, 0.15) is 16.9 Å². The van der Waals surface area contributed by atoms with Gasteiger partial charge in [0.05, 0.1) is 7.11 Å². The van der Waals surface area contributed by atoms with Crippen LogP contribution in [-0.2, 0) is 11.3 Å². The number of nitrogens with one attached hydrogen (secondary N) is 1. The van der Waals surface area contributed by atoms with Crippen LogP contribution in [0.3, 0.4) is 0 Å². The first-order chi connectivity index (χ1) is 7.31.